The smallest absolute Gasteiger partial charge is 0.268 e. The van der Waals surface area contributed by atoms with E-state index in [1.54, 1.807) is 11.3 Å². The average Bonchev–Trinajstić information content (AvgIpc) is 3.09. The Balaban J connectivity index is 1.90. The van der Waals surface area contributed by atoms with Crippen molar-refractivity contribution in [2.45, 2.75) is 40.2 Å². The summed E-state index contributed by atoms with van der Waals surface area (Å²) in [5.41, 5.74) is 4.47. The number of aryl methyl sites for hydroxylation is 3. The summed E-state index contributed by atoms with van der Waals surface area (Å²) >= 11 is 1.57. The van der Waals surface area contributed by atoms with Crippen LogP contribution in [0.4, 0.5) is 0 Å². The maximum absolute atomic E-state index is 12.6. The third-order valence-electron chi connectivity index (χ3n) is 4.17. The number of fused-ring (bicyclic) bond motifs is 1. The van der Waals surface area contributed by atoms with Gasteiger partial charge in [-0.05, 0) is 57.9 Å². The highest BCUT2D eigenvalue weighted by Crippen LogP contribution is 2.26. The van der Waals surface area contributed by atoms with Gasteiger partial charge in [-0.25, -0.2) is 4.98 Å². The first-order chi connectivity index (χ1) is 10.8. The molecular weight excluding hydrogens is 306 g/mol. The fraction of sp³-hybridized carbons (Fsp3) is 0.333. The van der Waals surface area contributed by atoms with E-state index in [2.05, 4.69) is 35.2 Å². The number of hydrogen-bond acceptors (Lipinski definition) is 3. The van der Waals surface area contributed by atoms with Crippen molar-refractivity contribution in [1.82, 2.24) is 15.3 Å². The Labute approximate surface area is 140 Å². The molecule has 23 heavy (non-hydrogen) atoms. The molecule has 2 heterocycles. The van der Waals surface area contributed by atoms with E-state index in [9.17, 15) is 4.79 Å². The van der Waals surface area contributed by atoms with Crippen LogP contribution >= 0.6 is 11.3 Å². The van der Waals surface area contributed by atoms with Gasteiger partial charge >= 0.3 is 0 Å². The van der Waals surface area contributed by atoms with Gasteiger partial charge in [0.1, 0.15) is 10.7 Å². The summed E-state index contributed by atoms with van der Waals surface area (Å²) in [5.74, 6) is -0.115. The van der Waals surface area contributed by atoms with E-state index in [0.29, 0.717) is 5.69 Å². The second kappa shape index (κ2) is 5.49. The number of carbonyl (C=O) groups excluding carboxylic acids is 1. The van der Waals surface area contributed by atoms with E-state index in [-0.39, 0.29) is 5.91 Å². The van der Waals surface area contributed by atoms with Gasteiger partial charge in [-0.3, -0.25) is 4.79 Å². The summed E-state index contributed by atoms with van der Waals surface area (Å²) in [6, 6.07) is 6.01. The maximum atomic E-state index is 12.6. The minimum absolute atomic E-state index is 0.115. The number of amides is 1. The SMILES string of the molecule is Cc1csc(C(C)(C)NC(=O)c2cc3c(C)c(C)ccc3[nH]2)n1. The fourth-order valence-corrected chi connectivity index (χ4v) is 3.50. The molecule has 3 rings (SSSR count). The monoisotopic (exact) mass is 327 g/mol. The molecule has 2 N–H and O–H groups in total. The highest BCUT2D eigenvalue weighted by Gasteiger charge is 2.27. The molecule has 0 radical (unpaired) electrons. The van der Waals surface area contributed by atoms with Crippen LogP contribution in [0.5, 0.6) is 0 Å². The van der Waals surface area contributed by atoms with Gasteiger partial charge in [0.2, 0.25) is 0 Å². The van der Waals surface area contributed by atoms with Crippen LogP contribution in [0.1, 0.15) is 46.2 Å². The number of benzene rings is 1. The number of rotatable bonds is 3. The summed E-state index contributed by atoms with van der Waals surface area (Å²) in [6.07, 6.45) is 0. The van der Waals surface area contributed by atoms with Gasteiger partial charge in [-0.2, -0.15) is 0 Å². The molecule has 0 aliphatic carbocycles. The molecule has 0 aliphatic heterocycles. The largest absolute Gasteiger partial charge is 0.351 e. The number of aromatic nitrogens is 2. The average molecular weight is 327 g/mol. The molecule has 120 valence electrons. The molecule has 0 saturated carbocycles. The molecule has 0 aliphatic rings. The summed E-state index contributed by atoms with van der Waals surface area (Å²) in [4.78, 5) is 20.3. The second-order valence-electron chi connectivity index (χ2n) is 6.52. The predicted octanol–water partition coefficient (Wildman–Crippen LogP) is 4.21. The van der Waals surface area contributed by atoms with Crippen LogP contribution in [-0.2, 0) is 5.54 Å². The molecular formula is C18H21N3OS. The quantitative estimate of drug-likeness (QED) is 0.757. The molecule has 0 spiro atoms. The van der Waals surface area contributed by atoms with E-state index < -0.39 is 5.54 Å². The standard InChI is InChI=1S/C18H21N3OS/c1-10-6-7-14-13(12(10)3)8-15(20-14)16(22)21-18(4,5)17-19-11(2)9-23-17/h6-9,20H,1-5H3,(H,21,22). The number of nitrogens with one attached hydrogen (secondary N) is 2. The lowest BCUT2D eigenvalue weighted by Crippen LogP contribution is -2.41. The van der Waals surface area contributed by atoms with Crippen LogP contribution in [-0.4, -0.2) is 15.9 Å². The number of thiazole rings is 1. The van der Waals surface area contributed by atoms with Crippen molar-refractivity contribution in [3.63, 3.8) is 0 Å². The van der Waals surface area contributed by atoms with Crippen LogP contribution in [0.2, 0.25) is 0 Å². The first kappa shape index (κ1) is 15.7. The third-order valence-corrected chi connectivity index (χ3v) is 5.45. The van der Waals surface area contributed by atoms with E-state index in [4.69, 9.17) is 0 Å². The van der Waals surface area contributed by atoms with Gasteiger partial charge in [0.05, 0.1) is 5.54 Å². The van der Waals surface area contributed by atoms with Crippen molar-refractivity contribution < 1.29 is 4.79 Å². The molecule has 0 unspecified atom stereocenters. The lowest BCUT2D eigenvalue weighted by Gasteiger charge is -2.23. The minimum Gasteiger partial charge on any atom is -0.351 e. The Morgan fingerprint density at radius 1 is 1.26 bits per heavy atom. The van der Waals surface area contributed by atoms with Crippen LogP contribution in [0.3, 0.4) is 0 Å². The lowest BCUT2D eigenvalue weighted by atomic mass is 10.1. The Morgan fingerprint density at radius 3 is 2.65 bits per heavy atom. The number of H-pyrrole nitrogens is 1. The Hall–Kier alpha value is -2.14. The predicted molar refractivity (Wildman–Crippen MR) is 95.1 cm³/mol. The summed E-state index contributed by atoms with van der Waals surface area (Å²) in [6.45, 7) is 10.1. The molecule has 0 atom stereocenters. The number of hydrogen-bond donors (Lipinski definition) is 2. The van der Waals surface area contributed by atoms with E-state index in [1.165, 1.54) is 11.1 Å². The van der Waals surface area contributed by atoms with E-state index in [1.807, 2.05) is 38.3 Å². The van der Waals surface area contributed by atoms with E-state index >= 15 is 0 Å². The molecule has 4 nitrogen and oxygen atoms in total. The molecule has 5 heteroatoms. The minimum atomic E-state index is -0.502. The number of nitrogens with zero attached hydrogens (tertiary/aromatic N) is 1. The van der Waals surface area contributed by atoms with E-state index in [0.717, 1.165) is 21.6 Å². The zero-order chi connectivity index (χ0) is 16.8. The van der Waals surface area contributed by atoms with Crippen LogP contribution in [0.25, 0.3) is 10.9 Å². The maximum Gasteiger partial charge on any atom is 0.268 e. The lowest BCUT2D eigenvalue weighted by molar-refractivity contribution is 0.0907. The highest BCUT2D eigenvalue weighted by atomic mass is 32.1. The number of carbonyl (C=O) groups is 1. The Kier molecular flexibility index (Phi) is 3.76. The van der Waals surface area contributed by atoms with Gasteiger partial charge in [-0.1, -0.05) is 6.07 Å². The Bertz CT molecular complexity index is 889. The first-order valence-corrected chi connectivity index (χ1v) is 8.50. The zero-order valence-electron chi connectivity index (χ0n) is 14.1. The van der Waals surface area contributed by atoms with Gasteiger partial charge in [0.25, 0.3) is 5.91 Å². The van der Waals surface area contributed by atoms with Crippen molar-refractivity contribution in [3.05, 3.63) is 51.1 Å². The zero-order valence-corrected chi connectivity index (χ0v) is 14.9. The number of aromatic amines is 1. The van der Waals surface area contributed by atoms with Crippen molar-refractivity contribution in [3.8, 4) is 0 Å². The summed E-state index contributed by atoms with van der Waals surface area (Å²) in [5, 5.41) is 7.08. The molecule has 0 saturated heterocycles. The van der Waals surface area contributed by atoms with Crippen molar-refractivity contribution in [2.24, 2.45) is 0 Å². The van der Waals surface area contributed by atoms with Crippen LogP contribution in [0.15, 0.2) is 23.6 Å². The van der Waals surface area contributed by atoms with Crippen LogP contribution < -0.4 is 5.32 Å². The van der Waals surface area contributed by atoms with Crippen LogP contribution in [0, 0.1) is 20.8 Å². The Morgan fingerprint density at radius 2 is 2.00 bits per heavy atom. The normalized spacial score (nSPS) is 11.9. The van der Waals surface area contributed by atoms with Gasteiger partial charge in [0, 0.05) is 22.0 Å². The second-order valence-corrected chi connectivity index (χ2v) is 7.38. The molecule has 0 bridgehead atoms. The van der Waals surface area contributed by atoms with Crippen molar-refractivity contribution in [2.75, 3.05) is 0 Å². The molecule has 2 aromatic heterocycles. The van der Waals surface area contributed by atoms with Crippen molar-refractivity contribution in [1.29, 1.82) is 0 Å². The topological polar surface area (TPSA) is 57.8 Å². The van der Waals surface area contributed by atoms with Gasteiger partial charge < -0.3 is 10.3 Å². The molecule has 3 aromatic rings. The summed E-state index contributed by atoms with van der Waals surface area (Å²) in [7, 11) is 0. The summed E-state index contributed by atoms with van der Waals surface area (Å²) < 4.78 is 0. The third kappa shape index (κ3) is 2.88. The highest BCUT2D eigenvalue weighted by molar-refractivity contribution is 7.09. The fourth-order valence-electron chi connectivity index (χ4n) is 2.63. The molecule has 1 aromatic carbocycles. The first-order valence-electron chi connectivity index (χ1n) is 7.62. The van der Waals surface area contributed by atoms with Gasteiger partial charge in [-0.15, -0.1) is 11.3 Å². The molecule has 1 amide bonds. The van der Waals surface area contributed by atoms with Crippen molar-refractivity contribution >= 4 is 28.1 Å². The van der Waals surface area contributed by atoms with Gasteiger partial charge in [0.15, 0.2) is 0 Å². The molecule has 0 fully saturated rings.